The molecule has 15 nitrogen and oxygen atoms in total. The van der Waals surface area contributed by atoms with Crippen molar-refractivity contribution in [2.75, 3.05) is 68.3 Å². The molecule has 4 aromatic rings. The Labute approximate surface area is 326 Å². The van der Waals surface area contributed by atoms with Gasteiger partial charge in [-0.2, -0.15) is 0 Å². The largest absolute Gasteiger partial charge is 0.361 e. The molecule has 0 radical (unpaired) electrons. The van der Waals surface area contributed by atoms with Crippen LogP contribution >= 0.6 is 0 Å². The lowest BCUT2D eigenvalue weighted by Gasteiger charge is -2.18. The summed E-state index contributed by atoms with van der Waals surface area (Å²) in [6, 6.07) is 15.7. The van der Waals surface area contributed by atoms with Gasteiger partial charge in [-0.3, -0.25) is 24.0 Å². The summed E-state index contributed by atoms with van der Waals surface area (Å²) in [5.41, 5.74) is 2.50. The number of ketones is 1. The zero-order chi connectivity index (χ0) is 40.6. The minimum absolute atomic E-state index is 0.147. The fourth-order valence-electron chi connectivity index (χ4n) is 5.97. The first-order valence-corrected chi connectivity index (χ1v) is 19.0. The third-order valence-corrected chi connectivity index (χ3v) is 9.31. The molecule has 0 atom stereocenters. The Bertz CT molecular complexity index is 2030. The van der Waals surface area contributed by atoms with Gasteiger partial charge in [0.25, 0.3) is 23.6 Å². The molecule has 1 heterocycles. The van der Waals surface area contributed by atoms with Gasteiger partial charge in [0.05, 0.1) is 16.6 Å². The van der Waals surface area contributed by atoms with Crippen molar-refractivity contribution in [3.8, 4) is 0 Å². The van der Waals surface area contributed by atoms with E-state index in [-0.39, 0.29) is 45.5 Å². The number of benzene rings is 3. The second-order valence-corrected chi connectivity index (χ2v) is 13.2. The van der Waals surface area contributed by atoms with Gasteiger partial charge in [-0.25, -0.2) is 4.79 Å². The van der Waals surface area contributed by atoms with Gasteiger partial charge in [-0.15, -0.1) is 0 Å². The molecule has 0 saturated carbocycles. The molecule has 15 heteroatoms. The predicted molar refractivity (Wildman–Crippen MR) is 220 cm³/mol. The van der Waals surface area contributed by atoms with Crippen LogP contribution in [0.15, 0.2) is 77.2 Å². The van der Waals surface area contributed by atoms with E-state index in [0.717, 1.165) is 52.1 Å². The number of nitrogens with zero attached hydrogens (tertiary/aromatic N) is 2. The summed E-state index contributed by atoms with van der Waals surface area (Å²) >= 11 is 0. The topological polar surface area (TPSA) is 201 Å². The van der Waals surface area contributed by atoms with Crippen molar-refractivity contribution < 1.29 is 24.0 Å². The number of carbonyl (C=O) groups is 5. The van der Waals surface area contributed by atoms with E-state index >= 15 is 0 Å². The van der Waals surface area contributed by atoms with Gasteiger partial charge in [0.1, 0.15) is 0 Å². The molecule has 0 aliphatic heterocycles. The molecule has 0 bridgehead atoms. The van der Waals surface area contributed by atoms with Crippen LogP contribution in [0.25, 0.3) is 11.0 Å². The van der Waals surface area contributed by atoms with Crippen LogP contribution in [0.2, 0.25) is 0 Å². The lowest BCUT2D eigenvalue weighted by Crippen LogP contribution is -2.31. The molecule has 0 aliphatic carbocycles. The van der Waals surface area contributed by atoms with E-state index in [4.69, 9.17) is 0 Å². The van der Waals surface area contributed by atoms with E-state index in [1.54, 1.807) is 54.6 Å². The molecule has 0 saturated heterocycles. The Hall–Kier alpha value is -6.06. The van der Waals surface area contributed by atoms with Crippen LogP contribution in [-0.4, -0.2) is 102 Å². The molecule has 0 unspecified atom stereocenters. The number of aromatic amines is 2. The number of fused-ring (bicyclic) bond motifs is 1. The van der Waals surface area contributed by atoms with Crippen LogP contribution in [0.3, 0.4) is 0 Å². The van der Waals surface area contributed by atoms with Crippen LogP contribution in [0.4, 0.5) is 17.1 Å². The van der Waals surface area contributed by atoms with Crippen molar-refractivity contribution in [2.45, 2.75) is 47.5 Å². The maximum atomic E-state index is 13.4. The number of nitrogens with one attached hydrogen (secondary N) is 7. The Balaban J connectivity index is 1.43. The molecular weight excluding hydrogens is 715 g/mol. The Morgan fingerprint density at radius 3 is 1.68 bits per heavy atom. The molecule has 4 rings (SSSR count). The fourth-order valence-corrected chi connectivity index (χ4v) is 5.97. The standard InChI is InChI=1S/C41H53N9O6/c1-6-49(7-2)20-10-18-42-37(52)29-22-30(38(53)43-19-11-21-50(8-3)9-4)24-33(23-29)46-39(54)28-12-14-31(15-13-28)44-26-34(27(5)51)40(55)45-32-16-17-35-36(25-32)48-41(56)47-35/h12-17,22-26,44H,6-11,18-21H2,1-5H3,(H,42,52)(H,43,53)(H,45,55)(H,46,54)(H2,47,48,56)/b34-26-. The quantitative estimate of drug-likeness (QED) is 0.0275. The van der Waals surface area contributed by atoms with Gasteiger partial charge < -0.3 is 46.4 Å². The molecule has 0 spiro atoms. The number of Topliss-reactive ketones (excluding diaryl/α,β-unsaturated/α-hetero) is 1. The van der Waals surface area contributed by atoms with Crippen LogP contribution in [0.5, 0.6) is 0 Å². The number of amides is 4. The van der Waals surface area contributed by atoms with E-state index in [0.29, 0.717) is 35.5 Å². The molecule has 3 aromatic carbocycles. The molecular formula is C41H53N9O6. The highest BCUT2D eigenvalue weighted by Crippen LogP contribution is 2.19. The number of hydrogen-bond donors (Lipinski definition) is 7. The van der Waals surface area contributed by atoms with Gasteiger partial charge in [0, 0.05) is 53.0 Å². The summed E-state index contributed by atoms with van der Waals surface area (Å²) in [5, 5.41) is 14.3. The molecule has 0 fully saturated rings. The van der Waals surface area contributed by atoms with Gasteiger partial charge in [-0.05, 0) is 120 Å². The molecule has 7 N–H and O–H groups in total. The second-order valence-electron chi connectivity index (χ2n) is 13.2. The zero-order valence-electron chi connectivity index (χ0n) is 32.8. The van der Waals surface area contributed by atoms with E-state index in [9.17, 15) is 28.8 Å². The molecule has 56 heavy (non-hydrogen) atoms. The van der Waals surface area contributed by atoms with Crippen LogP contribution in [0.1, 0.15) is 78.5 Å². The number of carbonyl (C=O) groups excluding carboxylic acids is 5. The maximum absolute atomic E-state index is 13.4. The van der Waals surface area contributed by atoms with E-state index in [1.165, 1.54) is 19.2 Å². The van der Waals surface area contributed by atoms with Crippen molar-refractivity contribution in [1.29, 1.82) is 0 Å². The Kier molecular flexibility index (Phi) is 16.1. The molecule has 4 amide bonds. The predicted octanol–water partition coefficient (Wildman–Crippen LogP) is 4.56. The van der Waals surface area contributed by atoms with Crippen LogP contribution in [0, 0.1) is 0 Å². The smallest absolute Gasteiger partial charge is 0.323 e. The monoisotopic (exact) mass is 767 g/mol. The van der Waals surface area contributed by atoms with Crippen LogP contribution < -0.4 is 32.3 Å². The number of H-pyrrole nitrogens is 2. The maximum Gasteiger partial charge on any atom is 0.323 e. The third-order valence-electron chi connectivity index (χ3n) is 9.31. The Morgan fingerprint density at radius 2 is 1.14 bits per heavy atom. The van der Waals surface area contributed by atoms with Gasteiger partial charge in [-0.1, -0.05) is 27.7 Å². The first-order chi connectivity index (χ1) is 26.9. The summed E-state index contributed by atoms with van der Waals surface area (Å²) in [6.45, 7) is 15.9. The number of imidazole rings is 1. The van der Waals surface area contributed by atoms with Crippen molar-refractivity contribution in [3.05, 3.63) is 99.6 Å². The average Bonchev–Trinajstić information content (AvgIpc) is 3.57. The van der Waals surface area contributed by atoms with Gasteiger partial charge in [0.15, 0.2) is 5.78 Å². The van der Waals surface area contributed by atoms with Gasteiger partial charge in [0.2, 0.25) is 0 Å². The van der Waals surface area contributed by atoms with E-state index < -0.39 is 17.6 Å². The highest BCUT2D eigenvalue weighted by Gasteiger charge is 2.17. The van der Waals surface area contributed by atoms with Crippen molar-refractivity contribution >= 4 is 57.5 Å². The van der Waals surface area contributed by atoms with Crippen molar-refractivity contribution in [2.24, 2.45) is 0 Å². The summed E-state index contributed by atoms with van der Waals surface area (Å²) in [5.74, 6) is -2.31. The summed E-state index contributed by atoms with van der Waals surface area (Å²) in [4.78, 5) is 86.5. The molecule has 298 valence electrons. The highest BCUT2D eigenvalue weighted by molar-refractivity contribution is 6.23. The van der Waals surface area contributed by atoms with E-state index in [1.807, 2.05) is 0 Å². The van der Waals surface area contributed by atoms with Crippen molar-refractivity contribution in [1.82, 2.24) is 30.4 Å². The number of anilines is 3. The number of aromatic nitrogens is 2. The third kappa shape index (κ3) is 12.5. The first-order valence-electron chi connectivity index (χ1n) is 19.0. The Morgan fingerprint density at radius 1 is 0.607 bits per heavy atom. The fraction of sp³-hybridized carbons (Fsp3) is 0.366. The number of rotatable bonds is 21. The first kappa shape index (κ1) is 42.7. The SMILES string of the molecule is CCN(CC)CCCNC(=O)c1cc(NC(=O)c2ccc(N/C=C(/C(C)=O)C(=O)Nc3ccc4[nH]c(=O)[nH]c4c3)cc2)cc(C(=O)NCCCN(CC)CC)c1. The molecule has 1 aromatic heterocycles. The minimum atomic E-state index is -0.651. The molecule has 0 aliphatic rings. The highest BCUT2D eigenvalue weighted by atomic mass is 16.2. The lowest BCUT2D eigenvalue weighted by molar-refractivity contribution is -0.118. The second kappa shape index (κ2) is 21.1. The number of hydrogen-bond acceptors (Lipinski definition) is 9. The summed E-state index contributed by atoms with van der Waals surface area (Å²) < 4.78 is 0. The van der Waals surface area contributed by atoms with Crippen LogP contribution in [-0.2, 0) is 9.59 Å². The average molecular weight is 768 g/mol. The lowest BCUT2D eigenvalue weighted by atomic mass is 10.1. The zero-order valence-corrected chi connectivity index (χ0v) is 32.8. The van der Waals surface area contributed by atoms with Gasteiger partial charge >= 0.3 is 5.69 Å². The van der Waals surface area contributed by atoms with Crippen molar-refractivity contribution in [3.63, 3.8) is 0 Å². The normalized spacial score (nSPS) is 11.4. The van der Waals surface area contributed by atoms with E-state index in [2.05, 4.69) is 74.0 Å². The summed E-state index contributed by atoms with van der Waals surface area (Å²) in [7, 11) is 0. The minimum Gasteiger partial charge on any atom is -0.361 e. The summed E-state index contributed by atoms with van der Waals surface area (Å²) in [6.07, 6.45) is 2.81.